The van der Waals surface area contributed by atoms with Crippen LogP contribution < -0.4 is 0 Å². The predicted octanol–water partition coefficient (Wildman–Crippen LogP) is 3.00. The molecule has 0 aliphatic heterocycles. The van der Waals surface area contributed by atoms with E-state index in [1.807, 2.05) is 20.8 Å². The lowest BCUT2D eigenvalue weighted by molar-refractivity contribution is 0.517. The molecule has 0 spiro atoms. The minimum absolute atomic E-state index is 0.180. The van der Waals surface area contributed by atoms with E-state index in [-0.39, 0.29) is 11.2 Å². The number of rotatable bonds is 0. The number of hydrogen-bond donors (Lipinski definition) is 1. The van der Waals surface area contributed by atoms with Gasteiger partial charge in [-0.3, -0.25) is 4.98 Å². The van der Waals surface area contributed by atoms with Crippen LogP contribution in [0.25, 0.3) is 10.9 Å². The highest BCUT2D eigenvalue weighted by molar-refractivity contribution is 5.80. The van der Waals surface area contributed by atoms with Crippen LogP contribution in [0.1, 0.15) is 26.5 Å². The van der Waals surface area contributed by atoms with E-state index in [1.54, 1.807) is 18.5 Å². The van der Waals surface area contributed by atoms with E-state index in [9.17, 15) is 4.39 Å². The van der Waals surface area contributed by atoms with E-state index in [1.165, 1.54) is 0 Å². The van der Waals surface area contributed by atoms with Crippen LogP contribution in [0.15, 0.2) is 18.5 Å². The van der Waals surface area contributed by atoms with Crippen molar-refractivity contribution in [2.24, 2.45) is 0 Å². The Bertz CT molecular complexity index is 466. The summed E-state index contributed by atoms with van der Waals surface area (Å²) in [4.78, 5) is 7.00. The molecule has 0 aliphatic rings. The second-order valence-electron chi connectivity index (χ2n) is 4.49. The van der Waals surface area contributed by atoms with Crippen LogP contribution in [0.2, 0.25) is 0 Å². The third kappa shape index (κ3) is 1.29. The zero-order chi connectivity index (χ0) is 10.3. The van der Waals surface area contributed by atoms with Gasteiger partial charge in [0.05, 0.1) is 16.6 Å². The maximum absolute atomic E-state index is 13.9. The van der Waals surface area contributed by atoms with Crippen molar-refractivity contribution in [2.45, 2.75) is 26.2 Å². The molecule has 3 heteroatoms. The minimum Gasteiger partial charge on any atom is -0.355 e. The van der Waals surface area contributed by atoms with Crippen LogP contribution in [0.3, 0.4) is 0 Å². The summed E-state index contributed by atoms with van der Waals surface area (Å²) in [6.45, 7) is 5.94. The molecule has 0 atom stereocenters. The Morgan fingerprint density at radius 3 is 2.64 bits per heavy atom. The summed E-state index contributed by atoms with van der Waals surface area (Å²) in [5, 5.41) is 0.567. The standard InChI is InChI=1S/C11H13FN2/c1-11(2,3)10-9(12)7-6-13-5-4-8(7)14-10/h4-6,14H,1-3H3. The van der Waals surface area contributed by atoms with Gasteiger partial charge in [0.1, 0.15) is 0 Å². The van der Waals surface area contributed by atoms with Gasteiger partial charge in [-0.2, -0.15) is 0 Å². The average molecular weight is 192 g/mol. The zero-order valence-electron chi connectivity index (χ0n) is 8.56. The van der Waals surface area contributed by atoms with Crippen LogP contribution in [-0.4, -0.2) is 9.97 Å². The lowest BCUT2D eigenvalue weighted by atomic mass is 9.92. The average Bonchev–Trinajstić information content (AvgIpc) is 2.44. The van der Waals surface area contributed by atoms with Crippen molar-refractivity contribution in [3.05, 3.63) is 30.0 Å². The van der Waals surface area contributed by atoms with E-state index in [0.717, 1.165) is 5.52 Å². The molecular weight excluding hydrogens is 179 g/mol. The summed E-state index contributed by atoms with van der Waals surface area (Å²) in [5.74, 6) is -0.180. The van der Waals surface area contributed by atoms with Gasteiger partial charge in [-0.1, -0.05) is 20.8 Å². The van der Waals surface area contributed by atoms with Gasteiger partial charge in [0.2, 0.25) is 0 Å². The number of aromatic nitrogens is 2. The quantitative estimate of drug-likeness (QED) is 0.683. The molecule has 0 amide bonds. The predicted molar refractivity (Wildman–Crippen MR) is 54.8 cm³/mol. The van der Waals surface area contributed by atoms with Crippen molar-refractivity contribution >= 4 is 10.9 Å². The molecule has 0 saturated heterocycles. The molecule has 0 fully saturated rings. The highest BCUT2D eigenvalue weighted by atomic mass is 19.1. The lowest BCUT2D eigenvalue weighted by Gasteiger charge is -2.16. The van der Waals surface area contributed by atoms with Gasteiger partial charge in [0, 0.05) is 17.8 Å². The lowest BCUT2D eigenvalue weighted by Crippen LogP contribution is -2.13. The molecule has 2 rings (SSSR count). The third-order valence-electron chi connectivity index (χ3n) is 2.29. The molecule has 0 unspecified atom stereocenters. The Morgan fingerprint density at radius 2 is 2.07 bits per heavy atom. The summed E-state index contributed by atoms with van der Waals surface area (Å²) in [5.41, 5.74) is 1.24. The van der Waals surface area contributed by atoms with Crippen molar-refractivity contribution < 1.29 is 4.39 Å². The van der Waals surface area contributed by atoms with Gasteiger partial charge in [-0.05, 0) is 6.07 Å². The molecule has 74 valence electrons. The van der Waals surface area contributed by atoms with Gasteiger partial charge in [-0.25, -0.2) is 4.39 Å². The molecular formula is C11H13FN2. The fourth-order valence-electron chi connectivity index (χ4n) is 1.52. The van der Waals surface area contributed by atoms with E-state index >= 15 is 0 Å². The van der Waals surface area contributed by atoms with Crippen LogP contribution in [-0.2, 0) is 5.41 Å². The minimum atomic E-state index is -0.205. The van der Waals surface area contributed by atoms with Crippen molar-refractivity contribution in [1.82, 2.24) is 9.97 Å². The van der Waals surface area contributed by atoms with Gasteiger partial charge < -0.3 is 4.98 Å². The Hall–Kier alpha value is -1.38. The van der Waals surface area contributed by atoms with E-state index in [4.69, 9.17) is 0 Å². The highest BCUT2D eigenvalue weighted by Gasteiger charge is 2.22. The summed E-state index contributed by atoms with van der Waals surface area (Å²) in [7, 11) is 0. The SMILES string of the molecule is CC(C)(C)c1[nH]c2ccncc2c1F. The van der Waals surface area contributed by atoms with Crippen molar-refractivity contribution in [3.63, 3.8) is 0 Å². The number of fused-ring (bicyclic) bond motifs is 1. The topological polar surface area (TPSA) is 28.7 Å². The van der Waals surface area contributed by atoms with Gasteiger partial charge in [0.15, 0.2) is 5.82 Å². The monoisotopic (exact) mass is 192 g/mol. The normalized spacial score (nSPS) is 12.3. The molecule has 0 radical (unpaired) electrons. The fraction of sp³-hybridized carbons (Fsp3) is 0.364. The maximum atomic E-state index is 13.9. The molecule has 0 saturated carbocycles. The van der Waals surface area contributed by atoms with Gasteiger partial charge >= 0.3 is 0 Å². The largest absolute Gasteiger partial charge is 0.355 e. The summed E-state index contributed by atoms with van der Waals surface area (Å²) >= 11 is 0. The van der Waals surface area contributed by atoms with Gasteiger partial charge in [-0.15, -0.1) is 0 Å². The first-order chi connectivity index (χ1) is 6.50. The number of pyridine rings is 1. The number of aromatic amines is 1. The van der Waals surface area contributed by atoms with Crippen LogP contribution in [0.4, 0.5) is 4.39 Å². The Balaban J connectivity index is 2.75. The van der Waals surface area contributed by atoms with E-state index in [0.29, 0.717) is 11.1 Å². The molecule has 0 aromatic carbocycles. The Kier molecular flexibility index (Phi) is 1.84. The Morgan fingerprint density at radius 1 is 1.36 bits per heavy atom. The number of nitrogens with zero attached hydrogens (tertiary/aromatic N) is 1. The van der Waals surface area contributed by atoms with Crippen molar-refractivity contribution in [1.29, 1.82) is 0 Å². The maximum Gasteiger partial charge on any atom is 0.153 e. The second-order valence-corrected chi connectivity index (χ2v) is 4.49. The molecule has 1 N–H and O–H groups in total. The molecule has 2 heterocycles. The van der Waals surface area contributed by atoms with Crippen LogP contribution in [0, 0.1) is 5.82 Å². The number of H-pyrrole nitrogens is 1. The zero-order valence-corrected chi connectivity index (χ0v) is 8.56. The Labute approximate surface area is 82.2 Å². The van der Waals surface area contributed by atoms with E-state index in [2.05, 4.69) is 9.97 Å². The van der Waals surface area contributed by atoms with E-state index < -0.39 is 0 Å². The summed E-state index contributed by atoms with van der Waals surface area (Å²) in [6, 6.07) is 1.79. The van der Waals surface area contributed by atoms with Gasteiger partial charge in [0.25, 0.3) is 0 Å². The van der Waals surface area contributed by atoms with Crippen LogP contribution in [0.5, 0.6) is 0 Å². The summed E-state index contributed by atoms with van der Waals surface area (Å²) in [6.07, 6.45) is 3.21. The molecule has 2 nitrogen and oxygen atoms in total. The molecule has 2 aromatic rings. The fourth-order valence-corrected chi connectivity index (χ4v) is 1.52. The van der Waals surface area contributed by atoms with Crippen LogP contribution >= 0.6 is 0 Å². The van der Waals surface area contributed by atoms with Crippen molar-refractivity contribution in [3.8, 4) is 0 Å². The van der Waals surface area contributed by atoms with Crippen molar-refractivity contribution in [2.75, 3.05) is 0 Å². The molecule has 0 bridgehead atoms. The molecule has 14 heavy (non-hydrogen) atoms. The molecule has 0 aliphatic carbocycles. The molecule has 2 aromatic heterocycles. The first kappa shape index (κ1) is 9.19. The first-order valence-corrected chi connectivity index (χ1v) is 4.62. The number of hydrogen-bond acceptors (Lipinski definition) is 1. The summed E-state index contributed by atoms with van der Waals surface area (Å²) < 4.78 is 13.9. The highest BCUT2D eigenvalue weighted by Crippen LogP contribution is 2.28. The third-order valence-corrected chi connectivity index (χ3v) is 2.29. The smallest absolute Gasteiger partial charge is 0.153 e. The first-order valence-electron chi connectivity index (χ1n) is 4.62. The second kappa shape index (κ2) is 2.80. The number of halogens is 1. The number of nitrogens with one attached hydrogen (secondary N) is 1.